The number of ketones is 1. The van der Waals surface area contributed by atoms with Gasteiger partial charge in [0, 0.05) is 0 Å². The van der Waals surface area contributed by atoms with E-state index in [9.17, 15) is 9.90 Å². The second-order valence-electron chi connectivity index (χ2n) is 6.04. The molecule has 0 bridgehead atoms. The van der Waals surface area contributed by atoms with Crippen LogP contribution in [-0.2, 0) is 4.79 Å². The van der Waals surface area contributed by atoms with Crippen LogP contribution in [-0.4, -0.2) is 17.0 Å². The van der Waals surface area contributed by atoms with Gasteiger partial charge in [0.15, 0.2) is 5.78 Å². The van der Waals surface area contributed by atoms with Crippen molar-refractivity contribution < 1.29 is 9.90 Å². The Hall–Kier alpha value is -2.45. The van der Waals surface area contributed by atoms with Crippen molar-refractivity contribution in [2.24, 2.45) is 5.41 Å². The third-order valence-electron chi connectivity index (χ3n) is 3.87. The van der Waals surface area contributed by atoms with E-state index >= 15 is 0 Å². The Morgan fingerprint density at radius 2 is 1.39 bits per heavy atom. The molecule has 0 radical (unpaired) electrons. The van der Waals surface area contributed by atoms with Crippen molar-refractivity contribution in [2.45, 2.75) is 20.0 Å². The summed E-state index contributed by atoms with van der Waals surface area (Å²) >= 11 is 0. The Bertz CT molecular complexity index is 682. The fraction of sp³-hybridized carbons (Fsp3) is 0.190. The second-order valence-corrected chi connectivity index (χ2v) is 6.04. The Morgan fingerprint density at radius 3 is 1.91 bits per heavy atom. The normalized spacial score (nSPS) is 13.5. The lowest BCUT2D eigenvalue weighted by Crippen LogP contribution is -2.34. The fourth-order valence-corrected chi connectivity index (χ4v) is 2.10. The van der Waals surface area contributed by atoms with E-state index in [-0.39, 0.29) is 5.78 Å². The van der Waals surface area contributed by atoms with Crippen LogP contribution >= 0.6 is 0 Å². The number of carbonyl (C=O) groups excluding carboxylic acids is 1. The second kappa shape index (κ2) is 7.70. The maximum atomic E-state index is 12.4. The summed E-state index contributed by atoms with van der Waals surface area (Å²) in [6.45, 7) is 3.51. The summed E-state index contributed by atoms with van der Waals surface area (Å²) in [6.07, 6.45) is 5.97. The fourth-order valence-electron chi connectivity index (χ4n) is 2.10. The first-order valence-electron chi connectivity index (χ1n) is 7.69. The topological polar surface area (TPSA) is 37.3 Å². The number of benzene rings is 2. The van der Waals surface area contributed by atoms with Gasteiger partial charge in [0.1, 0.15) is 0 Å². The van der Waals surface area contributed by atoms with E-state index in [1.165, 1.54) is 6.08 Å². The molecule has 2 nitrogen and oxygen atoms in total. The lowest BCUT2D eigenvalue weighted by molar-refractivity contribution is -0.126. The zero-order valence-electron chi connectivity index (χ0n) is 13.5. The highest BCUT2D eigenvalue weighted by Crippen LogP contribution is 2.25. The minimum Gasteiger partial charge on any atom is -0.388 e. The molecule has 0 amide bonds. The molecule has 0 saturated heterocycles. The van der Waals surface area contributed by atoms with Crippen LogP contribution in [0.4, 0.5) is 0 Å². The Balaban J connectivity index is 2.05. The molecule has 0 saturated carbocycles. The molecule has 1 unspecified atom stereocenters. The van der Waals surface area contributed by atoms with Gasteiger partial charge in [-0.25, -0.2) is 0 Å². The van der Waals surface area contributed by atoms with Crippen LogP contribution in [0.2, 0.25) is 0 Å². The van der Waals surface area contributed by atoms with Gasteiger partial charge in [-0.2, -0.15) is 0 Å². The van der Waals surface area contributed by atoms with Crippen LogP contribution in [0.5, 0.6) is 0 Å². The zero-order chi connectivity index (χ0) is 16.7. The van der Waals surface area contributed by atoms with Gasteiger partial charge in [0.2, 0.25) is 0 Å². The van der Waals surface area contributed by atoms with Crippen LogP contribution in [0.1, 0.15) is 25.0 Å². The average Bonchev–Trinajstić information content (AvgIpc) is 2.59. The van der Waals surface area contributed by atoms with Crippen molar-refractivity contribution in [1.82, 2.24) is 0 Å². The molecule has 0 heterocycles. The summed E-state index contributed by atoms with van der Waals surface area (Å²) < 4.78 is 0. The predicted molar refractivity (Wildman–Crippen MR) is 95.7 cm³/mol. The Kier molecular flexibility index (Phi) is 5.67. The first-order valence-corrected chi connectivity index (χ1v) is 7.69. The van der Waals surface area contributed by atoms with Gasteiger partial charge in [-0.3, -0.25) is 4.79 Å². The van der Waals surface area contributed by atoms with E-state index in [1.54, 1.807) is 26.0 Å². The smallest absolute Gasteiger partial charge is 0.164 e. The highest BCUT2D eigenvalue weighted by atomic mass is 16.3. The molecule has 2 heteroatoms. The van der Waals surface area contributed by atoms with E-state index < -0.39 is 11.5 Å². The van der Waals surface area contributed by atoms with E-state index in [2.05, 4.69) is 0 Å². The molecule has 0 fully saturated rings. The first kappa shape index (κ1) is 16.9. The monoisotopic (exact) mass is 306 g/mol. The third kappa shape index (κ3) is 4.76. The van der Waals surface area contributed by atoms with Crippen molar-refractivity contribution in [2.75, 3.05) is 0 Å². The van der Waals surface area contributed by atoms with Crippen molar-refractivity contribution >= 4 is 17.9 Å². The Morgan fingerprint density at radius 1 is 0.913 bits per heavy atom. The molecule has 0 aliphatic heterocycles. The zero-order valence-corrected chi connectivity index (χ0v) is 13.5. The number of aliphatic hydroxyl groups is 1. The quantitative estimate of drug-likeness (QED) is 0.805. The molecule has 0 spiro atoms. The first-order chi connectivity index (χ1) is 11.0. The molecule has 1 atom stereocenters. The highest BCUT2D eigenvalue weighted by molar-refractivity contribution is 5.98. The van der Waals surface area contributed by atoms with Crippen molar-refractivity contribution in [3.05, 3.63) is 83.9 Å². The van der Waals surface area contributed by atoms with Gasteiger partial charge >= 0.3 is 0 Å². The minimum atomic E-state index is -0.878. The van der Waals surface area contributed by atoms with Crippen LogP contribution in [0.3, 0.4) is 0 Å². The van der Waals surface area contributed by atoms with Gasteiger partial charge in [-0.1, -0.05) is 78.9 Å². The lowest BCUT2D eigenvalue weighted by Gasteiger charge is -2.25. The number of hydrogen-bond donors (Lipinski definition) is 1. The molecule has 0 aromatic heterocycles. The summed E-state index contributed by atoms with van der Waals surface area (Å²) in [5, 5.41) is 10.4. The molecular formula is C21H22O2. The molecule has 1 N–H and O–H groups in total. The number of allylic oxidation sites excluding steroid dienone is 1. The maximum Gasteiger partial charge on any atom is 0.164 e. The highest BCUT2D eigenvalue weighted by Gasteiger charge is 2.32. The van der Waals surface area contributed by atoms with Gasteiger partial charge in [0.05, 0.1) is 11.5 Å². The van der Waals surface area contributed by atoms with E-state index in [1.807, 2.05) is 66.7 Å². The van der Waals surface area contributed by atoms with Gasteiger partial charge in [0.25, 0.3) is 0 Å². The van der Waals surface area contributed by atoms with Crippen LogP contribution < -0.4 is 0 Å². The molecule has 118 valence electrons. The summed E-state index contributed by atoms with van der Waals surface area (Å²) in [5.74, 6) is -0.105. The molecule has 0 aliphatic rings. The summed E-state index contributed by atoms with van der Waals surface area (Å²) in [6, 6.07) is 19.4. The SMILES string of the molecule is CC(C)(C(=O)/C=C/c1ccccc1)C(O)/C=C/c1ccccc1. The van der Waals surface area contributed by atoms with Crippen LogP contribution in [0.15, 0.2) is 72.8 Å². The van der Waals surface area contributed by atoms with Crippen molar-refractivity contribution in [3.8, 4) is 0 Å². The van der Waals surface area contributed by atoms with Crippen molar-refractivity contribution in [1.29, 1.82) is 0 Å². The van der Waals surface area contributed by atoms with Gasteiger partial charge in [-0.15, -0.1) is 0 Å². The lowest BCUT2D eigenvalue weighted by atomic mass is 9.81. The van der Waals surface area contributed by atoms with E-state index in [0.29, 0.717) is 0 Å². The molecule has 0 aliphatic carbocycles. The number of hydrogen-bond acceptors (Lipinski definition) is 2. The Labute approximate surface area is 137 Å². The molecule has 2 rings (SSSR count). The van der Waals surface area contributed by atoms with Crippen molar-refractivity contribution in [3.63, 3.8) is 0 Å². The molecule has 2 aromatic carbocycles. The van der Waals surface area contributed by atoms with E-state index in [0.717, 1.165) is 11.1 Å². The predicted octanol–water partition coefficient (Wildman–Crippen LogP) is 4.37. The van der Waals surface area contributed by atoms with Crippen LogP contribution in [0.25, 0.3) is 12.2 Å². The maximum absolute atomic E-state index is 12.4. The number of carbonyl (C=O) groups is 1. The number of aliphatic hydroxyl groups excluding tert-OH is 1. The summed E-state index contributed by atoms with van der Waals surface area (Å²) in [7, 11) is 0. The van der Waals surface area contributed by atoms with E-state index in [4.69, 9.17) is 0 Å². The summed E-state index contributed by atoms with van der Waals surface area (Å²) in [5.41, 5.74) is 1.08. The largest absolute Gasteiger partial charge is 0.388 e. The van der Waals surface area contributed by atoms with Gasteiger partial charge < -0.3 is 5.11 Å². The average molecular weight is 306 g/mol. The minimum absolute atomic E-state index is 0.105. The number of rotatable bonds is 6. The molecular weight excluding hydrogens is 284 g/mol. The summed E-state index contributed by atoms with van der Waals surface area (Å²) in [4.78, 5) is 12.4. The third-order valence-corrected chi connectivity index (χ3v) is 3.87. The van der Waals surface area contributed by atoms with Crippen LogP contribution in [0, 0.1) is 5.41 Å². The molecule has 23 heavy (non-hydrogen) atoms. The molecule has 2 aromatic rings. The standard InChI is InChI=1S/C21H22O2/c1-21(2,19(22)15-13-17-9-5-3-6-10-17)20(23)16-14-18-11-7-4-8-12-18/h3-16,19,22H,1-2H3/b15-13+,16-14+. The van der Waals surface area contributed by atoms with Gasteiger partial charge in [-0.05, 0) is 31.1 Å².